The second-order valence-corrected chi connectivity index (χ2v) is 7.35. The van der Waals surface area contributed by atoms with E-state index in [9.17, 15) is 4.79 Å². The minimum absolute atomic E-state index is 0.0396. The third-order valence-electron chi connectivity index (χ3n) is 5.51. The van der Waals surface area contributed by atoms with E-state index in [1.54, 1.807) is 0 Å². The summed E-state index contributed by atoms with van der Waals surface area (Å²) in [5, 5.41) is 4.60. The number of nitrogens with zero attached hydrogens (tertiary/aromatic N) is 2. The molecule has 0 bridgehead atoms. The molecule has 26 heavy (non-hydrogen) atoms. The zero-order valence-electron chi connectivity index (χ0n) is 15.2. The van der Waals surface area contributed by atoms with Gasteiger partial charge < -0.3 is 4.98 Å². The zero-order valence-corrected chi connectivity index (χ0v) is 15.2. The first-order chi connectivity index (χ1) is 12.7. The fourth-order valence-corrected chi connectivity index (χ4v) is 4.07. The molecule has 0 unspecified atom stereocenters. The average Bonchev–Trinajstić information content (AvgIpc) is 3.13. The van der Waals surface area contributed by atoms with Gasteiger partial charge in [0.15, 0.2) is 0 Å². The van der Waals surface area contributed by atoms with Crippen LogP contribution >= 0.6 is 0 Å². The van der Waals surface area contributed by atoms with Crippen LogP contribution in [-0.2, 0) is 6.54 Å². The van der Waals surface area contributed by atoms with Gasteiger partial charge in [-0.2, -0.15) is 5.10 Å². The predicted molar refractivity (Wildman–Crippen MR) is 105 cm³/mol. The summed E-state index contributed by atoms with van der Waals surface area (Å²) in [6, 6.07) is 10.1. The monoisotopic (exact) mass is 347 g/mol. The highest BCUT2D eigenvalue weighted by Gasteiger charge is 2.17. The van der Waals surface area contributed by atoms with Crippen molar-refractivity contribution in [2.75, 3.05) is 0 Å². The Kier molecular flexibility index (Phi) is 4.74. The molecule has 0 saturated heterocycles. The minimum atomic E-state index is -0.0396. The van der Waals surface area contributed by atoms with E-state index >= 15 is 0 Å². The molecular weight excluding hydrogens is 322 g/mol. The van der Waals surface area contributed by atoms with Crippen molar-refractivity contribution in [3.05, 3.63) is 64.8 Å². The lowest BCUT2D eigenvalue weighted by Crippen LogP contribution is -2.14. The molecule has 4 rings (SSSR count). The Morgan fingerprint density at radius 1 is 1.12 bits per heavy atom. The Morgan fingerprint density at radius 3 is 2.65 bits per heavy atom. The van der Waals surface area contributed by atoms with Crippen LogP contribution in [0.1, 0.15) is 37.7 Å². The van der Waals surface area contributed by atoms with Gasteiger partial charge in [-0.1, -0.05) is 49.6 Å². The number of nitrogens with one attached hydrogen (secondary N) is 1. The van der Waals surface area contributed by atoms with E-state index in [2.05, 4.69) is 33.1 Å². The van der Waals surface area contributed by atoms with E-state index in [0.29, 0.717) is 0 Å². The second kappa shape index (κ2) is 7.32. The van der Waals surface area contributed by atoms with Gasteiger partial charge in [-0.3, -0.25) is 9.48 Å². The van der Waals surface area contributed by atoms with Crippen molar-refractivity contribution in [2.24, 2.45) is 5.92 Å². The molecule has 1 saturated carbocycles. The second-order valence-electron chi connectivity index (χ2n) is 7.35. The Bertz CT molecular complexity index is 934. The predicted octanol–water partition coefficient (Wildman–Crippen LogP) is 4.79. The molecule has 1 aromatic carbocycles. The van der Waals surface area contributed by atoms with Crippen LogP contribution in [0.4, 0.5) is 0 Å². The summed E-state index contributed by atoms with van der Waals surface area (Å²) in [4.78, 5) is 15.1. The number of rotatable bonds is 4. The highest BCUT2D eigenvalue weighted by atomic mass is 16.1. The maximum atomic E-state index is 12.2. The van der Waals surface area contributed by atoms with Gasteiger partial charge in [0, 0.05) is 35.6 Å². The molecule has 4 heteroatoms. The van der Waals surface area contributed by atoms with Gasteiger partial charge in [-0.15, -0.1) is 0 Å². The van der Waals surface area contributed by atoms with Crippen LogP contribution in [0.25, 0.3) is 22.3 Å². The molecule has 3 aromatic rings. The summed E-state index contributed by atoms with van der Waals surface area (Å²) in [5.74, 6) is 0.738. The van der Waals surface area contributed by atoms with Crippen LogP contribution in [0.2, 0.25) is 0 Å². The van der Waals surface area contributed by atoms with Crippen LogP contribution < -0.4 is 5.56 Å². The lowest BCUT2D eigenvalue weighted by Gasteiger charge is -2.21. The van der Waals surface area contributed by atoms with Gasteiger partial charge in [0.1, 0.15) is 0 Å². The maximum absolute atomic E-state index is 12.2. The summed E-state index contributed by atoms with van der Waals surface area (Å²) < 4.78 is 2.07. The summed E-state index contributed by atoms with van der Waals surface area (Å²) >= 11 is 0. The van der Waals surface area contributed by atoms with E-state index in [0.717, 1.165) is 40.3 Å². The molecule has 2 aromatic heterocycles. The normalized spacial score (nSPS) is 15.3. The number of H-pyrrole nitrogens is 1. The van der Waals surface area contributed by atoms with Crippen molar-refractivity contribution in [2.45, 2.75) is 45.6 Å². The first kappa shape index (κ1) is 16.8. The van der Waals surface area contributed by atoms with Gasteiger partial charge in [0.05, 0.1) is 6.20 Å². The molecule has 1 aliphatic carbocycles. The van der Waals surface area contributed by atoms with Crippen molar-refractivity contribution in [3.8, 4) is 22.3 Å². The Labute approximate surface area is 153 Å². The number of aromatic amines is 1. The van der Waals surface area contributed by atoms with Crippen LogP contribution in [0.5, 0.6) is 0 Å². The topological polar surface area (TPSA) is 50.7 Å². The number of hydrogen-bond donors (Lipinski definition) is 1. The molecule has 4 nitrogen and oxygen atoms in total. The molecule has 0 aliphatic heterocycles. The van der Waals surface area contributed by atoms with Crippen molar-refractivity contribution >= 4 is 0 Å². The number of pyridine rings is 1. The van der Waals surface area contributed by atoms with Gasteiger partial charge in [0.2, 0.25) is 0 Å². The lowest BCUT2D eigenvalue weighted by atomic mass is 9.89. The molecule has 1 N–H and O–H groups in total. The van der Waals surface area contributed by atoms with Crippen LogP contribution in [0.3, 0.4) is 0 Å². The molecule has 0 amide bonds. The van der Waals surface area contributed by atoms with Gasteiger partial charge >= 0.3 is 0 Å². The molecule has 0 radical (unpaired) electrons. The van der Waals surface area contributed by atoms with Crippen LogP contribution in [0.15, 0.2) is 53.7 Å². The fraction of sp³-hybridized carbons (Fsp3) is 0.364. The molecule has 0 atom stereocenters. The number of aromatic nitrogens is 3. The Hall–Kier alpha value is -2.62. The van der Waals surface area contributed by atoms with E-state index < -0.39 is 0 Å². The minimum Gasteiger partial charge on any atom is -0.328 e. The summed E-state index contributed by atoms with van der Waals surface area (Å²) in [7, 11) is 0. The quantitative estimate of drug-likeness (QED) is 0.737. The maximum Gasteiger partial charge on any atom is 0.251 e. The summed E-state index contributed by atoms with van der Waals surface area (Å²) in [5.41, 5.74) is 4.84. The standard InChI is InChI=1S/C22H25N3O/c1-16-21(18-10-6-3-7-11-18)20(13-23-22(16)26)19-12-24-25(15-19)14-17-8-4-2-5-9-17/h3,6-7,10-13,15,17H,2,4-5,8-9,14H2,1H3,(H,23,26). The van der Waals surface area contributed by atoms with Crippen LogP contribution in [-0.4, -0.2) is 14.8 Å². The van der Waals surface area contributed by atoms with E-state index in [-0.39, 0.29) is 5.56 Å². The lowest BCUT2D eigenvalue weighted by molar-refractivity contribution is 0.308. The SMILES string of the molecule is Cc1c(-c2ccccc2)c(-c2cnn(CC3CCCCC3)c2)c[nH]c1=O. The molecule has 1 fully saturated rings. The molecular formula is C22H25N3O. The third-order valence-corrected chi connectivity index (χ3v) is 5.51. The van der Waals surface area contributed by atoms with Crippen molar-refractivity contribution < 1.29 is 0 Å². The summed E-state index contributed by atoms with van der Waals surface area (Å²) in [6.45, 7) is 2.88. The fourth-order valence-electron chi connectivity index (χ4n) is 4.07. The average molecular weight is 347 g/mol. The third kappa shape index (κ3) is 3.36. The van der Waals surface area contributed by atoms with E-state index in [1.807, 2.05) is 37.5 Å². The van der Waals surface area contributed by atoms with Crippen molar-refractivity contribution in [1.82, 2.24) is 14.8 Å². The van der Waals surface area contributed by atoms with Crippen molar-refractivity contribution in [3.63, 3.8) is 0 Å². The van der Waals surface area contributed by atoms with Gasteiger partial charge in [-0.25, -0.2) is 0 Å². The highest BCUT2D eigenvalue weighted by Crippen LogP contribution is 2.33. The molecule has 0 spiro atoms. The molecule has 2 heterocycles. The number of benzene rings is 1. The van der Waals surface area contributed by atoms with Gasteiger partial charge in [0.25, 0.3) is 5.56 Å². The molecule has 1 aliphatic rings. The van der Waals surface area contributed by atoms with E-state index in [1.165, 1.54) is 32.1 Å². The smallest absolute Gasteiger partial charge is 0.251 e. The molecule has 134 valence electrons. The van der Waals surface area contributed by atoms with Crippen molar-refractivity contribution in [1.29, 1.82) is 0 Å². The van der Waals surface area contributed by atoms with Crippen LogP contribution in [0, 0.1) is 12.8 Å². The first-order valence-corrected chi connectivity index (χ1v) is 9.53. The zero-order chi connectivity index (χ0) is 17.9. The van der Waals surface area contributed by atoms with E-state index in [4.69, 9.17) is 0 Å². The Balaban J connectivity index is 1.70. The summed E-state index contributed by atoms with van der Waals surface area (Å²) in [6.07, 6.45) is 12.5. The van der Waals surface area contributed by atoms with Gasteiger partial charge in [-0.05, 0) is 36.8 Å². The largest absolute Gasteiger partial charge is 0.328 e. The first-order valence-electron chi connectivity index (χ1n) is 9.53. The highest BCUT2D eigenvalue weighted by molar-refractivity contribution is 5.84. The Morgan fingerprint density at radius 2 is 1.88 bits per heavy atom. The number of hydrogen-bond acceptors (Lipinski definition) is 2.